The van der Waals surface area contributed by atoms with Gasteiger partial charge in [-0.05, 0) is 18.8 Å². The van der Waals surface area contributed by atoms with Crippen LogP contribution in [0.25, 0.3) is 0 Å². The predicted octanol–water partition coefficient (Wildman–Crippen LogP) is 1.37. The second kappa shape index (κ2) is 5.67. The van der Waals surface area contributed by atoms with Crippen molar-refractivity contribution in [1.82, 2.24) is 9.97 Å². The van der Waals surface area contributed by atoms with Crippen LogP contribution in [-0.2, 0) is 0 Å². The lowest BCUT2D eigenvalue weighted by atomic mass is 10.2. The zero-order chi connectivity index (χ0) is 12.1. The molecule has 17 heavy (non-hydrogen) atoms. The lowest BCUT2D eigenvalue weighted by molar-refractivity contribution is 0.414. The Balaban J connectivity index is 1.88. The van der Waals surface area contributed by atoms with E-state index in [0.29, 0.717) is 17.4 Å². The van der Waals surface area contributed by atoms with Gasteiger partial charge < -0.3 is 15.5 Å². The van der Waals surface area contributed by atoms with Gasteiger partial charge in [-0.1, -0.05) is 12.8 Å². The van der Waals surface area contributed by atoms with Gasteiger partial charge in [0.05, 0.1) is 7.11 Å². The lowest BCUT2D eigenvalue weighted by Gasteiger charge is -2.12. The standard InChI is InChI=1S/C11H19N5O/c1-17-9-10(14-7-15-11(9)16-12)13-6-2-3-8-4-5-8/h7-8H,2-6,12H2,1H3,(H2,13,14,15,16). The maximum absolute atomic E-state index is 5.35. The third-order valence-electron chi connectivity index (χ3n) is 2.92. The third kappa shape index (κ3) is 3.20. The number of hydrogen-bond donors (Lipinski definition) is 3. The fourth-order valence-electron chi connectivity index (χ4n) is 1.80. The molecule has 1 aromatic heterocycles. The van der Waals surface area contributed by atoms with E-state index in [-0.39, 0.29) is 0 Å². The van der Waals surface area contributed by atoms with Gasteiger partial charge in [0.2, 0.25) is 5.75 Å². The van der Waals surface area contributed by atoms with Crippen molar-refractivity contribution in [3.05, 3.63) is 6.33 Å². The predicted molar refractivity (Wildman–Crippen MR) is 66.8 cm³/mol. The van der Waals surface area contributed by atoms with E-state index >= 15 is 0 Å². The quantitative estimate of drug-likeness (QED) is 0.377. The molecule has 1 aliphatic carbocycles. The number of rotatable bonds is 7. The topological polar surface area (TPSA) is 85.1 Å². The van der Waals surface area contributed by atoms with Crippen molar-refractivity contribution >= 4 is 11.6 Å². The van der Waals surface area contributed by atoms with E-state index in [1.54, 1.807) is 7.11 Å². The highest BCUT2D eigenvalue weighted by Crippen LogP contribution is 2.33. The number of nitrogens with one attached hydrogen (secondary N) is 2. The van der Waals surface area contributed by atoms with E-state index in [1.807, 2.05) is 0 Å². The molecule has 1 aliphatic rings. The Morgan fingerprint density at radius 3 is 2.82 bits per heavy atom. The summed E-state index contributed by atoms with van der Waals surface area (Å²) in [5.41, 5.74) is 2.49. The second-order valence-corrected chi connectivity index (χ2v) is 4.26. The highest BCUT2D eigenvalue weighted by atomic mass is 16.5. The first-order valence-corrected chi connectivity index (χ1v) is 5.94. The van der Waals surface area contributed by atoms with Crippen LogP contribution in [0.3, 0.4) is 0 Å². The summed E-state index contributed by atoms with van der Waals surface area (Å²) in [7, 11) is 1.58. The molecule has 1 heterocycles. The molecule has 94 valence electrons. The third-order valence-corrected chi connectivity index (χ3v) is 2.92. The number of nitrogens with zero attached hydrogens (tertiary/aromatic N) is 2. The maximum atomic E-state index is 5.35. The Hall–Kier alpha value is -1.56. The summed E-state index contributed by atoms with van der Waals surface area (Å²) in [5.74, 6) is 8.05. The number of methoxy groups -OCH3 is 1. The van der Waals surface area contributed by atoms with Crippen LogP contribution < -0.4 is 21.3 Å². The zero-order valence-corrected chi connectivity index (χ0v) is 10.1. The smallest absolute Gasteiger partial charge is 0.205 e. The molecule has 6 nitrogen and oxygen atoms in total. The fraction of sp³-hybridized carbons (Fsp3) is 0.636. The monoisotopic (exact) mass is 237 g/mol. The van der Waals surface area contributed by atoms with E-state index in [1.165, 1.54) is 25.6 Å². The molecule has 0 atom stereocenters. The number of nitrogens with two attached hydrogens (primary N) is 1. The molecule has 0 spiro atoms. The van der Waals surface area contributed by atoms with Gasteiger partial charge in [-0.25, -0.2) is 15.8 Å². The molecule has 1 fully saturated rings. The summed E-state index contributed by atoms with van der Waals surface area (Å²) in [6.45, 7) is 0.897. The zero-order valence-electron chi connectivity index (χ0n) is 10.1. The Kier molecular flexibility index (Phi) is 3.98. The van der Waals surface area contributed by atoms with Crippen molar-refractivity contribution < 1.29 is 4.74 Å². The number of nitrogen functional groups attached to an aromatic ring is 1. The Morgan fingerprint density at radius 1 is 1.41 bits per heavy atom. The second-order valence-electron chi connectivity index (χ2n) is 4.26. The Labute approximate surface area is 101 Å². The molecule has 6 heteroatoms. The minimum absolute atomic E-state index is 0.493. The summed E-state index contributed by atoms with van der Waals surface area (Å²) in [4.78, 5) is 8.13. The highest BCUT2D eigenvalue weighted by molar-refractivity contribution is 5.62. The van der Waals surface area contributed by atoms with E-state index < -0.39 is 0 Å². The van der Waals surface area contributed by atoms with Crippen molar-refractivity contribution in [2.75, 3.05) is 24.4 Å². The molecule has 0 bridgehead atoms. The summed E-state index contributed by atoms with van der Waals surface area (Å²) >= 11 is 0. The van der Waals surface area contributed by atoms with Crippen molar-refractivity contribution in [3.8, 4) is 5.75 Å². The van der Waals surface area contributed by atoms with E-state index in [9.17, 15) is 0 Å². The fourth-order valence-corrected chi connectivity index (χ4v) is 1.80. The normalized spacial score (nSPS) is 14.5. The molecule has 0 saturated heterocycles. The van der Waals surface area contributed by atoms with Crippen LogP contribution in [0.15, 0.2) is 6.33 Å². The van der Waals surface area contributed by atoms with Crippen LogP contribution in [0.2, 0.25) is 0 Å². The molecule has 0 aliphatic heterocycles. The average Bonchev–Trinajstić information content (AvgIpc) is 3.18. The van der Waals surface area contributed by atoms with Crippen molar-refractivity contribution in [2.45, 2.75) is 25.7 Å². The lowest BCUT2D eigenvalue weighted by Crippen LogP contribution is -2.13. The molecule has 0 radical (unpaired) electrons. The average molecular weight is 237 g/mol. The first-order valence-electron chi connectivity index (χ1n) is 5.94. The SMILES string of the molecule is COc1c(NN)ncnc1NCCCC1CC1. The van der Waals surface area contributed by atoms with Crippen LogP contribution in [0.5, 0.6) is 5.75 Å². The van der Waals surface area contributed by atoms with Gasteiger partial charge in [-0.2, -0.15) is 0 Å². The first kappa shape index (κ1) is 11.9. The van der Waals surface area contributed by atoms with E-state index in [2.05, 4.69) is 20.7 Å². The van der Waals surface area contributed by atoms with Gasteiger partial charge in [0.25, 0.3) is 0 Å². The molecule has 1 aromatic rings. The van der Waals surface area contributed by atoms with E-state index in [4.69, 9.17) is 10.6 Å². The molecule has 4 N–H and O–H groups in total. The number of hydrogen-bond acceptors (Lipinski definition) is 6. The van der Waals surface area contributed by atoms with Gasteiger partial charge in [-0.15, -0.1) is 0 Å². The van der Waals surface area contributed by atoms with Crippen molar-refractivity contribution in [1.29, 1.82) is 0 Å². The molecule has 0 unspecified atom stereocenters. The number of hydrazine groups is 1. The molecule has 0 amide bonds. The summed E-state index contributed by atoms with van der Waals surface area (Å²) in [6, 6.07) is 0. The molecular weight excluding hydrogens is 218 g/mol. The van der Waals surface area contributed by atoms with Gasteiger partial charge >= 0.3 is 0 Å². The van der Waals surface area contributed by atoms with Gasteiger partial charge in [0, 0.05) is 6.54 Å². The molecule has 1 saturated carbocycles. The minimum atomic E-state index is 0.493. The van der Waals surface area contributed by atoms with Crippen LogP contribution in [-0.4, -0.2) is 23.6 Å². The van der Waals surface area contributed by atoms with Crippen LogP contribution in [0.1, 0.15) is 25.7 Å². The van der Waals surface area contributed by atoms with E-state index in [0.717, 1.165) is 18.9 Å². The van der Waals surface area contributed by atoms with Crippen LogP contribution >= 0.6 is 0 Å². The minimum Gasteiger partial charge on any atom is -0.490 e. The van der Waals surface area contributed by atoms with Crippen LogP contribution in [0.4, 0.5) is 11.6 Å². The van der Waals surface area contributed by atoms with Gasteiger partial charge in [0.1, 0.15) is 6.33 Å². The number of ether oxygens (including phenoxy) is 1. The Bertz CT molecular complexity index is 367. The summed E-state index contributed by atoms with van der Waals surface area (Å²) < 4.78 is 5.23. The largest absolute Gasteiger partial charge is 0.490 e. The van der Waals surface area contributed by atoms with Gasteiger partial charge in [-0.3, -0.25) is 0 Å². The maximum Gasteiger partial charge on any atom is 0.205 e. The first-order chi connectivity index (χ1) is 8.35. The highest BCUT2D eigenvalue weighted by Gasteiger charge is 2.20. The summed E-state index contributed by atoms with van der Waals surface area (Å²) in [6.07, 6.45) is 6.71. The Morgan fingerprint density at radius 2 is 2.18 bits per heavy atom. The molecular formula is C11H19N5O. The van der Waals surface area contributed by atoms with Crippen LogP contribution in [0, 0.1) is 5.92 Å². The summed E-state index contributed by atoms with van der Waals surface area (Å²) in [5, 5.41) is 3.25. The number of anilines is 2. The van der Waals surface area contributed by atoms with Crippen molar-refractivity contribution in [3.63, 3.8) is 0 Å². The van der Waals surface area contributed by atoms with Gasteiger partial charge in [0.15, 0.2) is 11.6 Å². The van der Waals surface area contributed by atoms with Crippen molar-refractivity contribution in [2.24, 2.45) is 11.8 Å². The molecule has 0 aromatic carbocycles. The molecule has 2 rings (SSSR count). The number of aromatic nitrogens is 2.